The number of aromatic nitrogens is 3. The van der Waals surface area contributed by atoms with Gasteiger partial charge in [0, 0.05) is 59.1 Å². The van der Waals surface area contributed by atoms with Crippen molar-refractivity contribution in [2.45, 2.75) is 51.0 Å². The molecule has 2 atom stereocenters. The van der Waals surface area contributed by atoms with Gasteiger partial charge < -0.3 is 24.5 Å². The second kappa shape index (κ2) is 11.1. The van der Waals surface area contributed by atoms with Gasteiger partial charge in [-0.3, -0.25) is 4.79 Å². The zero-order valence-corrected chi connectivity index (χ0v) is 23.3. The van der Waals surface area contributed by atoms with Crippen LogP contribution in [0.1, 0.15) is 48.6 Å². The van der Waals surface area contributed by atoms with E-state index in [1.165, 1.54) is 24.3 Å². The average molecular weight is 572 g/mol. The number of benzene rings is 3. The summed E-state index contributed by atoms with van der Waals surface area (Å²) in [6.07, 6.45) is 5.25. The number of rotatable bonds is 8. The van der Waals surface area contributed by atoms with Gasteiger partial charge in [-0.2, -0.15) is 0 Å². The number of hydrogen-bond donors (Lipinski definition) is 3. The minimum atomic E-state index is -0.843. The van der Waals surface area contributed by atoms with Gasteiger partial charge in [-0.15, -0.1) is 0 Å². The standard InChI is InChI=1S/C33H31F2N3O4/c1-19-17-33(11-13-41-19,22-5-3-4-21(14-22)6-9-30(39)40)29-18-37-32(38-29)25-15-23(7-8-26(25)34)42-31-20(2)24-10-12-36-28(24)16-27(31)35/h3-5,7-8,10,12,14-16,18-19,36H,6,9,11,13,17H2,1-2H3,(H,37,38)(H,39,40)/t19-,33-/m0/s1. The number of ether oxygens (including phenoxy) is 2. The molecule has 0 amide bonds. The maximum absolute atomic E-state index is 15.2. The number of carboxylic acids is 1. The minimum Gasteiger partial charge on any atom is -0.481 e. The van der Waals surface area contributed by atoms with Crippen molar-refractivity contribution < 1.29 is 28.2 Å². The van der Waals surface area contributed by atoms with E-state index in [9.17, 15) is 9.18 Å². The van der Waals surface area contributed by atoms with Gasteiger partial charge in [0.25, 0.3) is 0 Å². The lowest BCUT2D eigenvalue weighted by atomic mass is 9.70. The lowest BCUT2D eigenvalue weighted by Crippen LogP contribution is -2.39. The van der Waals surface area contributed by atoms with Crippen LogP contribution >= 0.6 is 0 Å². The normalized spacial score (nSPS) is 18.8. The van der Waals surface area contributed by atoms with E-state index in [0.717, 1.165) is 22.2 Å². The topological polar surface area (TPSA) is 100 Å². The third-order valence-corrected chi connectivity index (χ3v) is 8.19. The van der Waals surface area contributed by atoms with Crippen molar-refractivity contribution in [2.24, 2.45) is 0 Å². The Morgan fingerprint density at radius 1 is 1.17 bits per heavy atom. The van der Waals surface area contributed by atoms with Crippen molar-refractivity contribution in [1.29, 1.82) is 0 Å². The predicted octanol–water partition coefficient (Wildman–Crippen LogP) is 7.44. The summed E-state index contributed by atoms with van der Waals surface area (Å²) in [6, 6.07) is 15.5. The molecule has 1 fully saturated rings. The van der Waals surface area contributed by atoms with E-state index in [1.807, 2.05) is 31.2 Å². The number of nitrogens with one attached hydrogen (secondary N) is 2. The van der Waals surface area contributed by atoms with Gasteiger partial charge in [-0.1, -0.05) is 24.3 Å². The van der Waals surface area contributed by atoms with Gasteiger partial charge in [-0.05, 0) is 68.5 Å². The third kappa shape index (κ3) is 5.16. The van der Waals surface area contributed by atoms with Gasteiger partial charge in [0.15, 0.2) is 11.6 Å². The first-order valence-corrected chi connectivity index (χ1v) is 14.0. The summed E-state index contributed by atoms with van der Waals surface area (Å²) in [4.78, 5) is 22.1. The van der Waals surface area contributed by atoms with E-state index in [2.05, 4.69) is 21.0 Å². The number of H-pyrrole nitrogens is 2. The molecule has 7 nitrogen and oxygen atoms in total. The van der Waals surface area contributed by atoms with Gasteiger partial charge in [0.1, 0.15) is 17.4 Å². The fraction of sp³-hybridized carbons (Fsp3) is 0.273. The number of aromatic amines is 2. The zero-order chi connectivity index (χ0) is 29.4. The summed E-state index contributed by atoms with van der Waals surface area (Å²) < 4.78 is 42.0. The van der Waals surface area contributed by atoms with Crippen molar-refractivity contribution in [3.05, 3.63) is 101 Å². The lowest BCUT2D eigenvalue weighted by Gasteiger charge is -2.40. The van der Waals surface area contributed by atoms with E-state index < -0.39 is 23.0 Å². The Morgan fingerprint density at radius 2 is 2.02 bits per heavy atom. The maximum Gasteiger partial charge on any atom is 0.303 e. The van der Waals surface area contributed by atoms with Crippen molar-refractivity contribution in [3.63, 3.8) is 0 Å². The van der Waals surface area contributed by atoms with E-state index >= 15 is 4.39 Å². The summed E-state index contributed by atoms with van der Waals surface area (Å²) in [5, 5.41) is 10.0. The molecule has 1 saturated heterocycles. The van der Waals surface area contributed by atoms with Crippen molar-refractivity contribution >= 4 is 16.9 Å². The highest BCUT2D eigenvalue weighted by atomic mass is 19.1. The molecule has 0 radical (unpaired) electrons. The molecule has 0 spiro atoms. The molecule has 3 N–H and O–H groups in total. The lowest BCUT2D eigenvalue weighted by molar-refractivity contribution is -0.136. The molecule has 0 bridgehead atoms. The second-order valence-corrected chi connectivity index (χ2v) is 11.0. The molecule has 3 heterocycles. The van der Waals surface area contributed by atoms with Crippen LogP contribution in [0.4, 0.5) is 8.78 Å². The molecule has 3 aromatic carbocycles. The van der Waals surface area contributed by atoms with E-state index in [4.69, 9.17) is 14.6 Å². The smallest absolute Gasteiger partial charge is 0.303 e. The number of halogens is 2. The minimum absolute atomic E-state index is 0.0304. The van der Waals surface area contributed by atoms with Crippen LogP contribution in [-0.2, 0) is 21.4 Å². The molecular formula is C33H31F2N3O4. The molecule has 2 aromatic heterocycles. The third-order valence-electron chi connectivity index (χ3n) is 8.19. The van der Waals surface area contributed by atoms with Gasteiger partial charge in [0.05, 0.1) is 11.7 Å². The highest BCUT2D eigenvalue weighted by Gasteiger charge is 2.40. The first-order chi connectivity index (χ1) is 20.2. The molecule has 0 saturated carbocycles. The van der Waals surface area contributed by atoms with Crippen molar-refractivity contribution in [3.8, 4) is 22.9 Å². The first kappa shape index (κ1) is 27.7. The zero-order valence-electron chi connectivity index (χ0n) is 23.3. The van der Waals surface area contributed by atoms with E-state index in [1.54, 1.807) is 19.3 Å². The van der Waals surface area contributed by atoms with Gasteiger partial charge in [-0.25, -0.2) is 13.8 Å². The molecule has 9 heteroatoms. The number of fused-ring (bicyclic) bond motifs is 1. The summed E-state index contributed by atoms with van der Waals surface area (Å²) in [6.45, 7) is 4.33. The monoisotopic (exact) mass is 571 g/mol. The molecule has 216 valence electrons. The molecule has 0 aliphatic carbocycles. The number of carbonyl (C=O) groups is 1. The van der Waals surface area contributed by atoms with E-state index in [0.29, 0.717) is 42.8 Å². The molecular weight excluding hydrogens is 540 g/mol. The van der Waals surface area contributed by atoms with Crippen LogP contribution in [0.15, 0.2) is 67.0 Å². The summed E-state index contributed by atoms with van der Waals surface area (Å²) in [5.41, 5.74) is 3.80. The van der Waals surface area contributed by atoms with E-state index in [-0.39, 0.29) is 29.6 Å². The van der Waals surface area contributed by atoms with Crippen LogP contribution in [0.5, 0.6) is 11.5 Å². The Morgan fingerprint density at radius 3 is 2.83 bits per heavy atom. The van der Waals surface area contributed by atoms with Crippen LogP contribution in [0, 0.1) is 18.6 Å². The van der Waals surface area contributed by atoms with Crippen LogP contribution in [-0.4, -0.2) is 38.7 Å². The second-order valence-electron chi connectivity index (χ2n) is 11.0. The highest BCUT2D eigenvalue weighted by Crippen LogP contribution is 2.44. The quantitative estimate of drug-likeness (QED) is 0.180. The fourth-order valence-electron chi connectivity index (χ4n) is 6.04. The number of nitrogens with zero attached hydrogens (tertiary/aromatic N) is 1. The summed E-state index contributed by atoms with van der Waals surface area (Å²) in [5.74, 6) is -1.17. The summed E-state index contributed by atoms with van der Waals surface area (Å²) in [7, 11) is 0. The number of carboxylic acid groups (broad SMARTS) is 1. The SMILES string of the molecule is Cc1c(Oc2ccc(F)c(-c3ncc([C@@]4(c5cccc(CCC(=O)O)c5)CCO[C@@H](C)C4)[nH]3)c2)c(F)cc2[nH]ccc12. The van der Waals surface area contributed by atoms with Crippen LogP contribution < -0.4 is 4.74 Å². The Kier molecular flexibility index (Phi) is 7.28. The molecule has 42 heavy (non-hydrogen) atoms. The molecule has 1 aliphatic heterocycles. The predicted molar refractivity (Wildman–Crippen MR) is 155 cm³/mol. The largest absolute Gasteiger partial charge is 0.481 e. The molecule has 6 rings (SSSR count). The Balaban J connectivity index is 1.35. The summed E-state index contributed by atoms with van der Waals surface area (Å²) >= 11 is 0. The fourth-order valence-corrected chi connectivity index (χ4v) is 6.04. The van der Waals surface area contributed by atoms with Crippen molar-refractivity contribution in [1.82, 2.24) is 15.0 Å². The first-order valence-electron chi connectivity index (χ1n) is 14.0. The van der Waals surface area contributed by atoms with Gasteiger partial charge in [0.2, 0.25) is 0 Å². The highest BCUT2D eigenvalue weighted by molar-refractivity contribution is 5.85. The van der Waals surface area contributed by atoms with Gasteiger partial charge >= 0.3 is 5.97 Å². The molecule has 1 aliphatic rings. The Bertz CT molecular complexity index is 1780. The van der Waals surface area contributed by atoms with Crippen LogP contribution in [0.3, 0.4) is 0 Å². The number of aliphatic carboxylic acids is 1. The molecule has 0 unspecified atom stereocenters. The number of imidazole rings is 1. The number of aryl methyl sites for hydroxylation is 2. The maximum atomic E-state index is 15.2. The average Bonchev–Trinajstić information content (AvgIpc) is 3.66. The van der Waals surface area contributed by atoms with Crippen molar-refractivity contribution in [2.75, 3.05) is 6.61 Å². The Hall–Kier alpha value is -4.50. The van der Waals surface area contributed by atoms with Crippen LogP contribution in [0.2, 0.25) is 0 Å². The van der Waals surface area contributed by atoms with Crippen LogP contribution in [0.25, 0.3) is 22.3 Å². The molecule has 5 aromatic rings. The number of hydrogen-bond acceptors (Lipinski definition) is 4. The Labute approximate surface area is 241 Å².